The molecule has 2 aromatic carbocycles. The van der Waals surface area contributed by atoms with Gasteiger partial charge in [-0.25, -0.2) is 4.52 Å². The zero-order chi connectivity index (χ0) is 18.1. The lowest BCUT2D eigenvalue weighted by atomic mass is 10.1. The van der Waals surface area contributed by atoms with Crippen molar-refractivity contribution in [2.24, 2.45) is 0 Å². The number of nitrogens with one attached hydrogen (secondary N) is 1. The summed E-state index contributed by atoms with van der Waals surface area (Å²) < 4.78 is 7.15. The molecule has 130 valence electrons. The Morgan fingerprint density at radius 3 is 2.69 bits per heavy atom. The van der Waals surface area contributed by atoms with E-state index >= 15 is 0 Å². The van der Waals surface area contributed by atoms with Gasteiger partial charge in [0.15, 0.2) is 0 Å². The van der Waals surface area contributed by atoms with Gasteiger partial charge in [0.1, 0.15) is 5.75 Å². The van der Waals surface area contributed by atoms with Crippen LogP contribution in [0.25, 0.3) is 16.2 Å². The molecule has 1 amide bonds. The molecule has 0 atom stereocenters. The molecular weight excluding hydrogens is 348 g/mol. The van der Waals surface area contributed by atoms with Crippen LogP contribution in [0.3, 0.4) is 0 Å². The Morgan fingerprint density at radius 2 is 1.92 bits per heavy atom. The Morgan fingerprint density at radius 1 is 1.15 bits per heavy atom. The van der Waals surface area contributed by atoms with Crippen LogP contribution in [0.15, 0.2) is 53.9 Å². The van der Waals surface area contributed by atoms with Crippen molar-refractivity contribution in [2.75, 3.05) is 12.4 Å². The van der Waals surface area contributed by atoms with Crippen LogP contribution in [0.5, 0.6) is 5.75 Å². The van der Waals surface area contributed by atoms with E-state index in [0.717, 1.165) is 22.6 Å². The molecule has 1 N–H and O–H groups in total. The fourth-order valence-electron chi connectivity index (χ4n) is 2.65. The third-order valence-corrected chi connectivity index (χ3v) is 4.82. The number of hydrogen-bond donors (Lipinski definition) is 1. The maximum atomic E-state index is 12.4. The standard InChI is InChI=1S/C19H16N4O2S/c1-12-7-9-13(10-8-12)17(24)20-18-21-19-23(22-18)15(11-26-19)14-5-3-4-6-16(14)25-2/h3-11H,1-2H3,(H,20,22,24). The smallest absolute Gasteiger partial charge is 0.258 e. The number of hydrogen-bond acceptors (Lipinski definition) is 5. The van der Waals surface area contributed by atoms with Gasteiger partial charge >= 0.3 is 0 Å². The Hall–Kier alpha value is -3.19. The summed E-state index contributed by atoms with van der Waals surface area (Å²) in [7, 11) is 1.64. The molecule has 0 saturated carbocycles. The van der Waals surface area contributed by atoms with Crippen molar-refractivity contribution in [2.45, 2.75) is 6.92 Å². The number of carbonyl (C=O) groups is 1. The normalized spacial score (nSPS) is 10.8. The third-order valence-electron chi connectivity index (χ3n) is 4.00. The number of amides is 1. The van der Waals surface area contributed by atoms with E-state index in [9.17, 15) is 4.79 Å². The second-order valence-corrected chi connectivity index (χ2v) is 6.61. The second kappa shape index (κ2) is 6.61. The summed E-state index contributed by atoms with van der Waals surface area (Å²) in [6.07, 6.45) is 0. The zero-order valence-corrected chi connectivity index (χ0v) is 15.1. The Balaban J connectivity index is 1.66. The maximum Gasteiger partial charge on any atom is 0.258 e. The number of benzene rings is 2. The monoisotopic (exact) mass is 364 g/mol. The van der Waals surface area contributed by atoms with Crippen LogP contribution in [0.1, 0.15) is 15.9 Å². The van der Waals surface area contributed by atoms with Crippen LogP contribution >= 0.6 is 11.3 Å². The van der Waals surface area contributed by atoms with Gasteiger partial charge in [0.25, 0.3) is 11.9 Å². The lowest BCUT2D eigenvalue weighted by Crippen LogP contribution is -2.13. The quantitative estimate of drug-likeness (QED) is 0.594. The second-order valence-electron chi connectivity index (χ2n) is 5.77. The number of anilines is 1. The molecule has 2 heterocycles. The van der Waals surface area contributed by atoms with Crippen molar-refractivity contribution in [3.8, 4) is 17.0 Å². The van der Waals surface area contributed by atoms with Gasteiger partial charge in [-0.3, -0.25) is 10.1 Å². The summed E-state index contributed by atoms with van der Waals surface area (Å²) >= 11 is 1.46. The highest BCUT2D eigenvalue weighted by Gasteiger charge is 2.16. The molecule has 0 aliphatic rings. The molecule has 0 spiro atoms. The molecule has 0 fully saturated rings. The molecule has 2 aromatic heterocycles. The van der Waals surface area contributed by atoms with Gasteiger partial charge in [0.2, 0.25) is 4.96 Å². The zero-order valence-electron chi connectivity index (χ0n) is 14.3. The highest BCUT2D eigenvalue weighted by molar-refractivity contribution is 7.15. The number of thiazole rings is 1. The first kappa shape index (κ1) is 16.3. The van der Waals surface area contributed by atoms with Crippen LogP contribution < -0.4 is 10.1 Å². The molecule has 4 rings (SSSR count). The number of carbonyl (C=O) groups excluding carboxylic acids is 1. The fraction of sp³-hybridized carbons (Fsp3) is 0.105. The lowest BCUT2D eigenvalue weighted by Gasteiger charge is -2.06. The number of para-hydroxylation sites is 1. The van der Waals surface area contributed by atoms with Crippen molar-refractivity contribution >= 4 is 28.2 Å². The summed E-state index contributed by atoms with van der Waals surface area (Å²) in [6.45, 7) is 1.98. The molecule has 0 aliphatic carbocycles. The number of rotatable bonds is 4. The van der Waals surface area contributed by atoms with Gasteiger partial charge in [-0.2, -0.15) is 4.98 Å². The molecular formula is C19H16N4O2S. The summed E-state index contributed by atoms with van der Waals surface area (Å²) in [5, 5.41) is 9.16. The van der Waals surface area contributed by atoms with E-state index in [-0.39, 0.29) is 11.9 Å². The molecule has 4 aromatic rings. The van der Waals surface area contributed by atoms with Crippen molar-refractivity contribution in [3.05, 3.63) is 65.0 Å². The van der Waals surface area contributed by atoms with E-state index in [1.54, 1.807) is 23.8 Å². The Kier molecular flexibility index (Phi) is 4.14. The lowest BCUT2D eigenvalue weighted by molar-refractivity contribution is 0.102. The van der Waals surface area contributed by atoms with Crippen LogP contribution in [-0.4, -0.2) is 27.6 Å². The first-order valence-corrected chi connectivity index (χ1v) is 8.89. The van der Waals surface area contributed by atoms with Gasteiger partial charge in [-0.05, 0) is 31.2 Å². The molecule has 26 heavy (non-hydrogen) atoms. The van der Waals surface area contributed by atoms with Crippen molar-refractivity contribution in [1.29, 1.82) is 0 Å². The van der Waals surface area contributed by atoms with Crippen LogP contribution in [0.4, 0.5) is 5.95 Å². The summed E-state index contributed by atoms with van der Waals surface area (Å²) in [5.74, 6) is 0.800. The number of fused-ring (bicyclic) bond motifs is 1. The summed E-state index contributed by atoms with van der Waals surface area (Å²) in [5.41, 5.74) is 3.45. The van der Waals surface area contributed by atoms with Crippen molar-refractivity contribution in [1.82, 2.24) is 14.6 Å². The van der Waals surface area contributed by atoms with Gasteiger partial charge in [-0.1, -0.05) is 29.8 Å². The highest BCUT2D eigenvalue weighted by atomic mass is 32.1. The SMILES string of the molecule is COc1ccccc1-c1csc2nc(NC(=O)c3ccc(C)cc3)nn12. The van der Waals surface area contributed by atoms with E-state index in [0.29, 0.717) is 10.5 Å². The number of nitrogens with zero attached hydrogens (tertiary/aromatic N) is 3. The maximum absolute atomic E-state index is 12.4. The predicted octanol–water partition coefficient (Wildman–Crippen LogP) is 4.03. The Labute approximate surface area is 154 Å². The number of methoxy groups -OCH3 is 1. The van der Waals surface area contributed by atoms with E-state index < -0.39 is 0 Å². The minimum absolute atomic E-state index is 0.234. The van der Waals surface area contributed by atoms with E-state index in [1.807, 2.05) is 48.7 Å². The molecule has 7 heteroatoms. The molecule has 0 radical (unpaired) electrons. The molecule has 0 saturated heterocycles. The van der Waals surface area contributed by atoms with Gasteiger partial charge in [-0.15, -0.1) is 16.4 Å². The first-order valence-electron chi connectivity index (χ1n) is 8.01. The van der Waals surface area contributed by atoms with Crippen molar-refractivity contribution in [3.63, 3.8) is 0 Å². The van der Waals surface area contributed by atoms with E-state index in [1.165, 1.54) is 11.3 Å². The first-order chi connectivity index (χ1) is 12.7. The molecule has 0 unspecified atom stereocenters. The minimum atomic E-state index is -0.234. The van der Waals surface area contributed by atoms with Crippen LogP contribution in [-0.2, 0) is 0 Å². The van der Waals surface area contributed by atoms with Gasteiger partial charge in [0.05, 0.1) is 12.8 Å². The minimum Gasteiger partial charge on any atom is -0.496 e. The molecule has 0 bridgehead atoms. The third kappa shape index (κ3) is 2.93. The summed E-state index contributed by atoms with van der Waals surface area (Å²) in [4.78, 5) is 17.5. The van der Waals surface area contributed by atoms with E-state index in [4.69, 9.17) is 4.74 Å². The van der Waals surface area contributed by atoms with Crippen LogP contribution in [0.2, 0.25) is 0 Å². The predicted molar refractivity (Wildman–Crippen MR) is 102 cm³/mol. The van der Waals surface area contributed by atoms with Crippen LogP contribution in [0, 0.1) is 6.92 Å². The largest absolute Gasteiger partial charge is 0.496 e. The molecule has 6 nitrogen and oxygen atoms in total. The Bertz CT molecular complexity index is 1080. The average Bonchev–Trinajstić information content (AvgIpc) is 3.22. The van der Waals surface area contributed by atoms with Crippen molar-refractivity contribution < 1.29 is 9.53 Å². The average molecular weight is 364 g/mol. The van der Waals surface area contributed by atoms with Gasteiger partial charge < -0.3 is 4.74 Å². The molecule has 0 aliphatic heterocycles. The highest BCUT2D eigenvalue weighted by Crippen LogP contribution is 2.32. The number of aromatic nitrogens is 3. The van der Waals surface area contributed by atoms with E-state index in [2.05, 4.69) is 15.4 Å². The summed E-state index contributed by atoms with van der Waals surface area (Å²) in [6, 6.07) is 15.1. The fourth-order valence-corrected chi connectivity index (χ4v) is 3.48. The number of ether oxygens (including phenoxy) is 1. The number of aryl methyl sites for hydroxylation is 1. The van der Waals surface area contributed by atoms with Gasteiger partial charge in [0, 0.05) is 16.5 Å². The topological polar surface area (TPSA) is 68.5 Å².